The standard InChI is InChI=1S/C17H19Cl2N3O/c1-11-16(23-15-7-6-13(18)10-14(15)19)17(21-12(2)20-11)22-8-4-3-5-9-22/h6-7,10H,3-5,8-9H2,1-2H3. The second-order valence-electron chi connectivity index (χ2n) is 5.73. The van der Waals surface area contributed by atoms with Crippen molar-refractivity contribution < 1.29 is 4.74 Å². The summed E-state index contributed by atoms with van der Waals surface area (Å²) >= 11 is 12.2. The van der Waals surface area contributed by atoms with Crippen LogP contribution in [0, 0.1) is 13.8 Å². The molecule has 1 aromatic carbocycles. The predicted octanol–water partition coefficient (Wildman–Crippen LogP) is 5.18. The van der Waals surface area contributed by atoms with Gasteiger partial charge in [-0.1, -0.05) is 23.2 Å². The van der Waals surface area contributed by atoms with Crippen LogP contribution in [0.1, 0.15) is 30.8 Å². The first-order valence-electron chi connectivity index (χ1n) is 7.77. The van der Waals surface area contributed by atoms with Crippen molar-refractivity contribution >= 4 is 29.0 Å². The summed E-state index contributed by atoms with van der Waals surface area (Å²) in [5, 5.41) is 1.05. The topological polar surface area (TPSA) is 38.2 Å². The summed E-state index contributed by atoms with van der Waals surface area (Å²) in [4.78, 5) is 11.3. The lowest BCUT2D eigenvalue weighted by Gasteiger charge is -2.29. The van der Waals surface area contributed by atoms with E-state index >= 15 is 0 Å². The fourth-order valence-corrected chi connectivity index (χ4v) is 3.24. The molecule has 0 unspecified atom stereocenters. The lowest BCUT2D eigenvalue weighted by atomic mass is 10.1. The number of piperidine rings is 1. The normalized spacial score (nSPS) is 14.9. The molecule has 0 N–H and O–H groups in total. The number of hydrogen-bond acceptors (Lipinski definition) is 4. The Labute approximate surface area is 146 Å². The average Bonchev–Trinajstić information content (AvgIpc) is 2.52. The number of rotatable bonds is 3. The van der Waals surface area contributed by atoms with Crippen LogP contribution in [-0.2, 0) is 0 Å². The summed E-state index contributed by atoms with van der Waals surface area (Å²) in [6, 6.07) is 5.20. The minimum Gasteiger partial charge on any atom is -0.450 e. The fraction of sp³-hybridized carbons (Fsp3) is 0.412. The van der Waals surface area contributed by atoms with Crippen molar-refractivity contribution in [3.63, 3.8) is 0 Å². The van der Waals surface area contributed by atoms with E-state index in [4.69, 9.17) is 27.9 Å². The van der Waals surface area contributed by atoms with Gasteiger partial charge in [0.25, 0.3) is 0 Å². The molecule has 3 rings (SSSR count). The maximum atomic E-state index is 6.24. The first kappa shape index (κ1) is 16.3. The Balaban J connectivity index is 1.99. The Morgan fingerprint density at radius 1 is 1.04 bits per heavy atom. The lowest BCUT2D eigenvalue weighted by molar-refractivity contribution is 0.465. The molecule has 2 heterocycles. The van der Waals surface area contributed by atoms with Gasteiger partial charge in [0.1, 0.15) is 11.6 Å². The van der Waals surface area contributed by atoms with Gasteiger partial charge in [-0.2, -0.15) is 0 Å². The molecule has 1 aliphatic heterocycles. The van der Waals surface area contributed by atoms with Gasteiger partial charge in [0, 0.05) is 18.1 Å². The number of anilines is 1. The molecule has 0 bridgehead atoms. The van der Waals surface area contributed by atoms with E-state index in [9.17, 15) is 0 Å². The molecule has 1 aromatic heterocycles. The van der Waals surface area contributed by atoms with Crippen molar-refractivity contribution in [1.29, 1.82) is 0 Å². The Morgan fingerprint density at radius 2 is 1.78 bits per heavy atom. The highest BCUT2D eigenvalue weighted by molar-refractivity contribution is 6.35. The number of nitrogens with zero attached hydrogens (tertiary/aromatic N) is 3. The van der Waals surface area contributed by atoms with Crippen molar-refractivity contribution in [3.8, 4) is 11.5 Å². The highest BCUT2D eigenvalue weighted by Gasteiger charge is 2.21. The molecule has 2 aromatic rings. The molecule has 23 heavy (non-hydrogen) atoms. The van der Waals surface area contributed by atoms with Crippen LogP contribution in [0.15, 0.2) is 18.2 Å². The van der Waals surface area contributed by atoms with Gasteiger partial charge in [-0.3, -0.25) is 0 Å². The zero-order valence-corrected chi connectivity index (χ0v) is 14.8. The van der Waals surface area contributed by atoms with Crippen molar-refractivity contribution in [3.05, 3.63) is 39.8 Å². The molecule has 1 saturated heterocycles. The molecule has 0 amide bonds. The van der Waals surface area contributed by atoms with Crippen LogP contribution in [0.2, 0.25) is 10.0 Å². The van der Waals surface area contributed by atoms with Crippen molar-refractivity contribution in [2.45, 2.75) is 33.1 Å². The fourth-order valence-electron chi connectivity index (χ4n) is 2.79. The highest BCUT2D eigenvalue weighted by atomic mass is 35.5. The lowest BCUT2D eigenvalue weighted by Crippen LogP contribution is -2.31. The number of halogens is 2. The first-order chi connectivity index (χ1) is 11.0. The second kappa shape index (κ2) is 6.93. The summed E-state index contributed by atoms with van der Waals surface area (Å²) in [6.07, 6.45) is 3.60. The van der Waals surface area contributed by atoms with E-state index in [1.165, 1.54) is 19.3 Å². The molecule has 0 spiro atoms. The van der Waals surface area contributed by atoms with Gasteiger partial charge in [0.2, 0.25) is 0 Å². The zero-order valence-electron chi connectivity index (χ0n) is 13.3. The number of aromatic nitrogens is 2. The third kappa shape index (κ3) is 3.70. The van der Waals surface area contributed by atoms with E-state index in [0.29, 0.717) is 21.5 Å². The number of hydrogen-bond donors (Lipinski definition) is 0. The molecule has 1 aliphatic rings. The van der Waals surface area contributed by atoms with Gasteiger partial charge in [-0.25, -0.2) is 9.97 Å². The SMILES string of the molecule is Cc1nc(C)c(Oc2ccc(Cl)cc2Cl)c(N2CCCCC2)n1. The molecule has 0 aliphatic carbocycles. The Morgan fingerprint density at radius 3 is 2.48 bits per heavy atom. The van der Waals surface area contributed by atoms with Crippen LogP contribution < -0.4 is 9.64 Å². The molecular weight excluding hydrogens is 333 g/mol. The Hall–Kier alpha value is -1.52. The van der Waals surface area contributed by atoms with E-state index in [-0.39, 0.29) is 0 Å². The van der Waals surface area contributed by atoms with Crippen LogP contribution in [-0.4, -0.2) is 23.1 Å². The minimum atomic E-state index is 0.474. The van der Waals surface area contributed by atoms with Gasteiger partial charge in [-0.05, 0) is 51.3 Å². The van der Waals surface area contributed by atoms with E-state index in [0.717, 1.165) is 30.4 Å². The highest BCUT2D eigenvalue weighted by Crippen LogP contribution is 2.38. The number of aryl methyl sites for hydroxylation is 2. The van der Waals surface area contributed by atoms with Gasteiger partial charge in [0.05, 0.1) is 10.7 Å². The smallest absolute Gasteiger partial charge is 0.191 e. The molecule has 6 heteroatoms. The van der Waals surface area contributed by atoms with Crippen molar-refractivity contribution in [2.24, 2.45) is 0 Å². The van der Waals surface area contributed by atoms with Gasteiger partial charge in [-0.15, -0.1) is 0 Å². The van der Waals surface area contributed by atoms with Crippen LogP contribution in [0.4, 0.5) is 5.82 Å². The maximum Gasteiger partial charge on any atom is 0.191 e. The third-order valence-electron chi connectivity index (χ3n) is 3.89. The summed E-state index contributed by atoms with van der Waals surface area (Å²) in [7, 11) is 0. The maximum absolute atomic E-state index is 6.24. The zero-order chi connectivity index (χ0) is 16.4. The molecule has 4 nitrogen and oxygen atoms in total. The minimum absolute atomic E-state index is 0.474. The summed E-state index contributed by atoms with van der Waals surface area (Å²) in [5.41, 5.74) is 0.809. The number of benzene rings is 1. The largest absolute Gasteiger partial charge is 0.450 e. The van der Waals surface area contributed by atoms with E-state index in [1.54, 1.807) is 18.2 Å². The van der Waals surface area contributed by atoms with Crippen LogP contribution in [0.3, 0.4) is 0 Å². The molecule has 0 radical (unpaired) electrons. The van der Waals surface area contributed by atoms with E-state index in [2.05, 4.69) is 14.9 Å². The monoisotopic (exact) mass is 351 g/mol. The van der Waals surface area contributed by atoms with Crippen molar-refractivity contribution in [1.82, 2.24) is 9.97 Å². The predicted molar refractivity (Wildman–Crippen MR) is 94.1 cm³/mol. The molecule has 1 fully saturated rings. The quantitative estimate of drug-likeness (QED) is 0.763. The first-order valence-corrected chi connectivity index (χ1v) is 8.53. The van der Waals surface area contributed by atoms with Gasteiger partial charge in [0.15, 0.2) is 11.6 Å². The van der Waals surface area contributed by atoms with Crippen LogP contribution >= 0.6 is 23.2 Å². The van der Waals surface area contributed by atoms with E-state index in [1.807, 2.05) is 13.8 Å². The molecule has 122 valence electrons. The molecule has 0 saturated carbocycles. The van der Waals surface area contributed by atoms with Gasteiger partial charge < -0.3 is 9.64 Å². The summed E-state index contributed by atoms with van der Waals surface area (Å²) in [6.45, 7) is 5.81. The summed E-state index contributed by atoms with van der Waals surface area (Å²) in [5.74, 6) is 2.82. The van der Waals surface area contributed by atoms with E-state index < -0.39 is 0 Å². The second-order valence-corrected chi connectivity index (χ2v) is 6.58. The Bertz CT molecular complexity index is 715. The van der Waals surface area contributed by atoms with Crippen LogP contribution in [0.25, 0.3) is 0 Å². The molecule has 0 atom stereocenters. The number of ether oxygens (including phenoxy) is 1. The third-order valence-corrected chi connectivity index (χ3v) is 4.42. The Kier molecular flexibility index (Phi) is 4.93. The van der Waals surface area contributed by atoms with Crippen molar-refractivity contribution in [2.75, 3.05) is 18.0 Å². The summed E-state index contributed by atoms with van der Waals surface area (Å²) < 4.78 is 6.08. The average molecular weight is 352 g/mol. The van der Waals surface area contributed by atoms with Gasteiger partial charge >= 0.3 is 0 Å². The van der Waals surface area contributed by atoms with Crippen LogP contribution in [0.5, 0.6) is 11.5 Å². The molecular formula is C17H19Cl2N3O.